The first-order valence-corrected chi connectivity index (χ1v) is 12.1. The largest absolute Gasteiger partial charge is 0.490 e. The fraction of sp³-hybridized carbons (Fsp3) is 0.280. The second-order valence-electron chi connectivity index (χ2n) is 8.11. The van der Waals surface area contributed by atoms with Gasteiger partial charge in [0.1, 0.15) is 5.82 Å². The van der Waals surface area contributed by atoms with Crippen molar-refractivity contribution in [2.45, 2.75) is 37.1 Å². The normalized spacial score (nSPS) is 14.7. The number of rotatable bonds is 9. The fourth-order valence-corrected chi connectivity index (χ4v) is 4.63. The molecule has 9 nitrogen and oxygen atoms in total. The quantitative estimate of drug-likeness (QED) is 0.307. The number of fused-ring (bicyclic) bond motifs is 1. The number of carbonyl (C=O) groups excluding carboxylic acids is 2. The molecule has 0 saturated carbocycles. The minimum absolute atomic E-state index is 0.0840. The summed E-state index contributed by atoms with van der Waals surface area (Å²) in [6.07, 6.45) is 0.0840. The highest BCUT2D eigenvalue weighted by molar-refractivity contribution is 7.98. The Morgan fingerprint density at radius 2 is 1.91 bits per heavy atom. The van der Waals surface area contributed by atoms with Crippen LogP contribution in [0.1, 0.15) is 41.5 Å². The number of nitrogens with two attached hydrogens (primary N) is 1. The summed E-state index contributed by atoms with van der Waals surface area (Å²) < 4.78 is 11.1. The molecule has 0 aliphatic carbocycles. The van der Waals surface area contributed by atoms with E-state index in [-0.39, 0.29) is 30.3 Å². The number of anilines is 1. The van der Waals surface area contributed by atoms with Crippen molar-refractivity contribution in [3.05, 3.63) is 75.1 Å². The van der Waals surface area contributed by atoms with E-state index in [2.05, 4.69) is 15.3 Å². The number of nitrogens with zero attached hydrogens (tertiary/aromatic N) is 1. The number of amides is 2. The van der Waals surface area contributed by atoms with Gasteiger partial charge in [-0.25, -0.2) is 4.98 Å². The topological polar surface area (TPSA) is 136 Å². The van der Waals surface area contributed by atoms with E-state index in [0.29, 0.717) is 40.1 Å². The number of nitrogens with one attached hydrogen (secondary N) is 2. The molecule has 35 heavy (non-hydrogen) atoms. The minimum atomic E-state index is -0.608. The maximum Gasteiger partial charge on any atom is 0.257 e. The molecular formula is C25H26N4O5S. The van der Waals surface area contributed by atoms with Crippen LogP contribution >= 0.6 is 11.8 Å². The monoisotopic (exact) mass is 494 g/mol. The molecule has 2 amide bonds. The third-order valence-electron chi connectivity index (χ3n) is 5.47. The molecule has 1 aliphatic heterocycles. The lowest BCUT2D eigenvalue weighted by molar-refractivity contribution is -0.120. The van der Waals surface area contributed by atoms with Gasteiger partial charge in [0.2, 0.25) is 5.91 Å². The van der Waals surface area contributed by atoms with Crippen molar-refractivity contribution in [1.29, 1.82) is 0 Å². The lowest BCUT2D eigenvalue weighted by Gasteiger charge is -2.25. The van der Waals surface area contributed by atoms with Crippen molar-refractivity contribution >= 4 is 29.4 Å². The molecule has 0 radical (unpaired) electrons. The molecule has 0 bridgehead atoms. The van der Waals surface area contributed by atoms with Gasteiger partial charge in [-0.3, -0.25) is 14.4 Å². The number of primary amides is 1. The highest BCUT2D eigenvalue weighted by atomic mass is 32.2. The second-order valence-corrected chi connectivity index (χ2v) is 9.07. The number of benzene rings is 2. The Hall–Kier alpha value is -3.79. The van der Waals surface area contributed by atoms with Crippen LogP contribution in [0.4, 0.5) is 5.82 Å². The number of H-pyrrole nitrogens is 1. The van der Waals surface area contributed by atoms with Crippen LogP contribution in [-0.4, -0.2) is 35.0 Å². The van der Waals surface area contributed by atoms with E-state index < -0.39 is 11.8 Å². The van der Waals surface area contributed by atoms with Crippen LogP contribution in [0.3, 0.4) is 0 Å². The Bertz CT molecular complexity index is 1310. The van der Waals surface area contributed by atoms with Gasteiger partial charge < -0.3 is 25.5 Å². The molecule has 1 atom stereocenters. The van der Waals surface area contributed by atoms with Gasteiger partial charge in [0.15, 0.2) is 23.3 Å². The highest BCUT2D eigenvalue weighted by Gasteiger charge is 2.31. The molecule has 4 N–H and O–H groups in total. The number of aryl methyl sites for hydroxylation is 1. The molecule has 0 spiro atoms. The zero-order valence-electron chi connectivity index (χ0n) is 19.4. The number of ether oxygens (including phenoxy) is 2. The van der Waals surface area contributed by atoms with Crippen molar-refractivity contribution in [3.63, 3.8) is 0 Å². The first-order chi connectivity index (χ1) is 16.8. The predicted molar refractivity (Wildman–Crippen MR) is 133 cm³/mol. The first-order valence-electron chi connectivity index (χ1n) is 11.1. The Morgan fingerprint density at radius 3 is 2.63 bits per heavy atom. The zero-order chi connectivity index (χ0) is 24.9. The van der Waals surface area contributed by atoms with Crippen LogP contribution in [0.25, 0.3) is 0 Å². The average Bonchev–Trinajstić information content (AvgIpc) is 2.82. The van der Waals surface area contributed by atoms with Crippen molar-refractivity contribution < 1.29 is 19.1 Å². The summed E-state index contributed by atoms with van der Waals surface area (Å²) in [5.74, 6) is 0.275. The summed E-state index contributed by atoms with van der Waals surface area (Å²) in [7, 11) is 0. The Kier molecular flexibility index (Phi) is 7.40. The molecule has 1 aromatic heterocycles. The Labute approximate surface area is 206 Å². The summed E-state index contributed by atoms with van der Waals surface area (Å²) in [6, 6.07) is 13.2. The van der Waals surface area contributed by atoms with E-state index in [9.17, 15) is 14.4 Å². The number of aromatic amines is 1. The molecule has 3 aromatic rings. The lowest BCUT2D eigenvalue weighted by atomic mass is 9.86. The van der Waals surface area contributed by atoms with Gasteiger partial charge in [-0.1, -0.05) is 47.7 Å². The van der Waals surface area contributed by atoms with E-state index in [1.54, 1.807) is 18.2 Å². The average molecular weight is 495 g/mol. The molecule has 10 heteroatoms. The Morgan fingerprint density at radius 1 is 1.14 bits per heavy atom. The third kappa shape index (κ3) is 5.83. The second kappa shape index (κ2) is 10.6. The van der Waals surface area contributed by atoms with Crippen molar-refractivity contribution in [2.75, 3.05) is 18.5 Å². The SMILES string of the molecule is CCOc1cc([C@@H]2CC(=O)Nc3nc(SCc4ccc(C)cc4)[nH]c(=O)c32)ccc1OCC(N)=O. The van der Waals surface area contributed by atoms with Crippen molar-refractivity contribution in [1.82, 2.24) is 9.97 Å². The maximum atomic E-state index is 13.1. The molecule has 182 valence electrons. The van der Waals surface area contributed by atoms with E-state index in [1.807, 2.05) is 38.1 Å². The summed E-state index contributed by atoms with van der Waals surface area (Å²) in [6.45, 7) is 3.92. The molecule has 1 aliphatic rings. The van der Waals surface area contributed by atoms with E-state index in [1.165, 1.54) is 17.3 Å². The molecule has 2 aromatic carbocycles. The van der Waals surface area contributed by atoms with Crippen LogP contribution in [0.2, 0.25) is 0 Å². The third-order valence-corrected chi connectivity index (χ3v) is 6.41. The number of carbonyl (C=O) groups is 2. The van der Waals surface area contributed by atoms with Crippen LogP contribution in [0.5, 0.6) is 11.5 Å². The fourth-order valence-electron chi connectivity index (χ4n) is 3.82. The van der Waals surface area contributed by atoms with Gasteiger partial charge in [0.25, 0.3) is 11.5 Å². The van der Waals surface area contributed by atoms with E-state index >= 15 is 0 Å². The Balaban J connectivity index is 1.63. The number of aromatic nitrogens is 2. The van der Waals surface area contributed by atoms with Gasteiger partial charge in [0.05, 0.1) is 12.2 Å². The molecular weight excluding hydrogens is 468 g/mol. The smallest absolute Gasteiger partial charge is 0.257 e. The summed E-state index contributed by atoms with van der Waals surface area (Å²) in [4.78, 5) is 44.1. The van der Waals surface area contributed by atoms with Crippen LogP contribution < -0.4 is 26.1 Å². The minimum Gasteiger partial charge on any atom is -0.490 e. The zero-order valence-corrected chi connectivity index (χ0v) is 20.2. The van der Waals surface area contributed by atoms with Gasteiger partial charge in [-0.2, -0.15) is 0 Å². The van der Waals surface area contributed by atoms with Gasteiger partial charge in [0, 0.05) is 18.1 Å². The molecule has 0 unspecified atom stereocenters. The van der Waals surface area contributed by atoms with Crippen molar-refractivity contribution in [2.24, 2.45) is 5.73 Å². The van der Waals surface area contributed by atoms with E-state index in [0.717, 1.165) is 5.56 Å². The van der Waals surface area contributed by atoms with Crippen LogP contribution in [0, 0.1) is 6.92 Å². The van der Waals surface area contributed by atoms with Gasteiger partial charge in [-0.15, -0.1) is 0 Å². The number of thioether (sulfide) groups is 1. The van der Waals surface area contributed by atoms with Gasteiger partial charge >= 0.3 is 0 Å². The standard InChI is InChI=1S/C25H26N4O5S/c1-3-33-19-10-16(8-9-18(19)34-12-20(26)30)17-11-21(31)27-23-22(17)24(32)29-25(28-23)35-13-15-6-4-14(2)5-7-15/h4-10,17H,3,11-13H2,1-2H3,(H2,26,30)(H2,27,28,29,31,32)/t17-/m0/s1. The highest BCUT2D eigenvalue weighted by Crippen LogP contribution is 2.38. The summed E-state index contributed by atoms with van der Waals surface area (Å²) >= 11 is 1.39. The summed E-state index contributed by atoms with van der Waals surface area (Å²) in [5.41, 5.74) is 8.23. The molecule has 4 rings (SSSR count). The molecule has 2 heterocycles. The molecule has 0 fully saturated rings. The maximum absolute atomic E-state index is 13.1. The first kappa shape index (κ1) is 24.3. The van der Waals surface area contributed by atoms with E-state index in [4.69, 9.17) is 15.2 Å². The van der Waals surface area contributed by atoms with Crippen molar-refractivity contribution in [3.8, 4) is 11.5 Å². The summed E-state index contributed by atoms with van der Waals surface area (Å²) in [5, 5.41) is 3.17. The predicted octanol–water partition coefficient (Wildman–Crippen LogP) is 3.11. The number of hydrogen-bond donors (Lipinski definition) is 3. The number of hydrogen-bond acceptors (Lipinski definition) is 7. The van der Waals surface area contributed by atoms with Crippen LogP contribution in [0.15, 0.2) is 52.4 Å². The van der Waals surface area contributed by atoms with Gasteiger partial charge in [-0.05, 0) is 37.1 Å². The van der Waals surface area contributed by atoms with Crippen LogP contribution in [-0.2, 0) is 15.3 Å². The lowest BCUT2D eigenvalue weighted by Crippen LogP contribution is -2.31. The molecule has 0 saturated heterocycles.